The molecule has 0 unspecified atom stereocenters. The molecule has 0 spiro atoms. The number of benzene rings is 1. The van der Waals surface area contributed by atoms with Crippen molar-refractivity contribution in [3.8, 4) is 12.3 Å². The molecule has 6 heteroatoms. The molecule has 102 valence electrons. The van der Waals surface area contributed by atoms with Crippen molar-refractivity contribution in [2.75, 3.05) is 20.1 Å². The number of rotatable bonds is 5. The zero-order valence-electron chi connectivity index (χ0n) is 10.9. The molecule has 5 nitrogen and oxygen atoms in total. The van der Waals surface area contributed by atoms with Crippen molar-refractivity contribution in [3.05, 3.63) is 29.8 Å². The van der Waals surface area contributed by atoms with Gasteiger partial charge in [0.15, 0.2) is 0 Å². The monoisotopic (exact) mass is 280 g/mol. The second-order valence-corrected chi connectivity index (χ2v) is 5.64. The molecule has 0 saturated carbocycles. The first kappa shape index (κ1) is 15.2. The Kier molecular flexibility index (Phi) is 5.10. The Bertz CT molecular complexity index is 603. The van der Waals surface area contributed by atoms with Crippen LogP contribution >= 0.6 is 0 Å². The van der Waals surface area contributed by atoms with Crippen LogP contribution in [-0.2, 0) is 10.0 Å². The molecule has 1 aromatic carbocycles. The summed E-state index contributed by atoms with van der Waals surface area (Å²) < 4.78 is 26.0. The maximum Gasteiger partial charge on any atom is 0.253 e. The molecule has 0 saturated heterocycles. The van der Waals surface area contributed by atoms with E-state index in [0.29, 0.717) is 12.1 Å². The second kappa shape index (κ2) is 6.36. The van der Waals surface area contributed by atoms with Crippen molar-refractivity contribution < 1.29 is 13.2 Å². The van der Waals surface area contributed by atoms with E-state index >= 15 is 0 Å². The van der Waals surface area contributed by atoms with Crippen molar-refractivity contribution in [1.82, 2.24) is 9.62 Å². The third-order valence-electron chi connectivity index (χ3n) is 2.58. The molecular weight excluding hydrogens is 264 g/mol. The number of carbonyl (C=O) groups is 1. The molecule has 1 N–H and O–H groups in total. The Morgan fingerprint density at radius 1 is 1.47 bits per heavy atom. The number of hydrogen-bond acceptors (Lipinski definition) is 3. The molecule has 0 bridgehead atoms. The lowest BCUT2D eigenvalue weighted by Crippen LogP contribution is -2.27. The molecule has 1 amide bonds. The van der Waals surface area contributed by atoms with Crippen molar-refractivity contribution in [2.45, 2.75) is 11.8 Å². The summed E-state index contributed by atoms with van der Waals surface area (Å²) >= 11 is 0. The first-order chi connectivity index (χ1) is 8.92. The number of sulfonamides is 1. The fraction of sp³-hybridized carbons (Fsp3) is 0.308. The number of terminal acetylenes is 1. The van der Waals surface area contributed by atoms with Crippen molar-refractivity contribution in [1.29, 1.82) is 0 Å². The van der Waals surface area contributed by atoms with Crippen LogP contribution in [0, 0.1) is 12.3 Å². The number of carbonyl (C=O) groups excluding carboxylic acids is 1. The van der Waals surface area contributed by atoms with Gasteiger partial charge in [-0.05, 0) is 25.1 Å². The van der Waals surface area contributed by atoms with E-state index in [-0.39, 0.29) is 17.3 Å². The molecule has 0 aliphatic rings. The van der Waals surface area contributed by atoms with E-state index in [4.69, 9.17) is 6.42 Å². The van der Waals surface area contributed by atoms with Crippen LogP contribution < -0.4 is 4.72 Å². The van der Waals surface area contributed by atoms with E-state index in [9.17, 15) is 13.2 Å². The van der Waals surface area contributed by atoms with Gasteiger partial charge in [-0.1, -0.05) is 12.0 Å². The molecule has 0 heterocycles. The molecule has 0 aliphatic heterocycles. The normalized spacial score (nSPS) is 10.8. The van der Waals surface area contributed by atoms with Crippen molar-refractivity contribution in [2.24, 2.45) is 0 Å². The van der Waals surface area contributed by atoms with Gasteiger partial charge in [-0.3, -0.25) is 4.79 Å². The average molecular weight is 280 g/mol. The first-order valence-electron chi connectivity index (χ1n) is 5.71. The lowest BCUT2D eigenvalue weighted by atomic mass is 10.2. The Morgan fingerprint density at radius 3 is 2.74 bits per heavy atom. The molecule has 0 aromatic heterocycles. The second-order valence-electron chi connectivity index (χ2n) is 3.88. The Balaban J connectivity index is 3.08. The van der Waals surface area contributed by atoms with Crippen LogP contribution in [0.4, 0.5) is 0 Å². The summed E-state index contributed by atoms with van der Waals surface area (Å²) in [5.41, 5.74) is 0.327. The van der Waals surface area contributed by atoms with Crippen LogP contribution in [0.1, 0.15) is 17.3 Å². The van der Waals surface area contributed by atoms with Crippen LogP contribution in [0.15, 0.2) is 29.2 Å². The molecule has 0 aliphatic carbocycles. The lowest BCUT2D eigenvalue weighted by Gasteiger charge is -2.15. The summed E-state index contributed by atoms with van der Waals surface area (Å²) in [4.78, 5) is 13.5. The zero-order valence-corrected chi connectivity index (χ0v) is 11.7. The van der Waals surface area contributed by atoms with E-state index < -0.39 is 10.0 Å². The zero-order chi connectivity index (χ0) is 14.5. The highest BCUT2D eigenvalue weighted by atomic mass is 32.2. The van der Waals surface area contributed by atoms with Gasteiger partial charge in [0.2, 0.25) is 10.0 Å². The van der Waals surface area contributed by atoms with Crippen LogP contribution in [0.5, 0.6) is 0 Å². The standard InChI is InChI=1S/C13H16N2O3S/c1-4-9-14-19(17,18)12-8-6-7-11(10-12)13(16)15(3)5-2/h1,6-8,10,14H,5,9H2,2-3H3. The summed E-state index contributed by atoms with van der Waals surface area (Å²) in [5, 5.41) is 0. The summed E-state index contributed by atoms with van der Waals surface area (Å²) in [6.07, 6.45) is 5.01. The molecule has 1 rings (SSSR count). The number of hydrogen-bond donors (Lipinski definition) is 1. The fourth-order valence-corrected chi connectivity index (χ4v) is 2.36. The Labute approximate surface area is 113 Å². The minimum Gasteiger partial charge on any atom is -0.342 e. The number of nitrogens with one attached hydrogen (secondary N) is 1. The molecule has 1 aromatic rings. The molecule has 19 heavy (non-hydrogen) atoms. The van der Waals surface area contributed by atoms with Crippen LogP contribution in [0.2, 0.25) is 0 Å². The highest BCUT2D eigenvalue weighted by Crippen LogP contribution is 2.12. The van der Waals surface area contributed by atoms with Crippen molar-refractivity contribution >= 4 is 15.9 Å². The third kappa shape index (κ3) is 3.81. The van der Waals surface area contributed by atoms with Crippen LogP contribution in [-0.4, -0.2) is 39.4 Å². The van der Waals surface area contributed by atoms with Gasteiger partial charge < -0.3 is 4.90 Å². The molecule has 0 fully saturated rings. The molecular formula is C13H16N2O3S. The van der Waals surface area contributed by atoms with Crippen LogP contribution in [0.3, 0.4) is 0 Å². The van der Waals surface area contributed by atoms with Crippen molar-refractivity contribution in [3.63, 3.8) is 0 Å². The van der Waals surface area contributed by atoms with Gasteiger partial charge in [0.25, 0.3) is 5.91 Å². The smallest absolute Gasteiger partial charge is 0.253 e. The molecule has 0 atom stereocenters. The molecule has 0 radical (unpaired) electrons. The lowest BCUT2D eigenvalue weighted by molar-refractivity contribution is 0.0802. The van der Waals surface area contributed by atoms with Gasteiger partial charge in [0.1, 0.15) is 0 Å². The minimum atomic E-state index is -3.67. The Morgan fingerprint density at radius 2 is 2.16 bits per heavy atom. The average Bonchev–Trinajstić information content (AvgIpc) is 2.43. The number of amides is 1. The first-order valence-corrected chi connectivity index (χ1v) is 7.19. The highest BCUT2D eigenvalue weighted by molar-refractivity contribution is 7.89. The summed E-state index contributed by atoms with van der Waals surface area (Å²) in [6.45, 7) is 2.30. The van der Waals surface area contributed by atoms with Gasteiger partial charge in [-0.15, -0.1) is 6.42 Å². The quantitative estimate of drug-likeness (QED) is 0.807. The van der Waals surface area contributed by atoms with E-state index in [1.165, 1.54) is 23.1 Å². The van der Waals surface area contributed by atoms with Gasteiger partial charge in [0, 0.05) is 19.2 Å². The summed E-state index contributed by atoms with van der Waals surface area (Å²) in [7, 11) is -2.02. The van der Waals surface area contributed by atoms with Gasteiger partial charge in [-0.25, -0.2) is 8.42 Å². The van der Waals surface area contributed by atoms with E-state index in [2.05, 4.69) is 10.6 Å². The van der Waals surface area contributed by atoms with Gasteiger partial charge in [-0.2, -0.15) is 4.72 Å². The summed E-state index contributed by atoms with van der Waals surface area (Å²) in [6, 6.07) is 5.87. The van der Waals surface area contributed by atoms with E-state index in [1.54, 1.807) is 13.1 Å². The van der Waals surface area contributed by atoms with Crippen LogP contribution in [0.25, 0.3) is 0 Å². The minimum absolute atomic E-state index is 0.0260. The third-order valence-corrected chi connectivity index (χ3v) is 3.98. The van der Waals surface area contributed by atoms with E-state index in [0.717, 1.165) is 0 Å². The van der Waals surface area contributed by atoms with Gasteiger partial charge >= 0.3 is 0 Å². The maximum absolute atomic E-state index is 11.9. The fourth-order valence-electron chi connectivity index (χ4n) is 1.38. The Hall–Kier alpha value is -1.84. The van der Waals surface area contributed by atoms with Gasteiger partial charge in [0.05, 0.1) is 11.4 Å². The topological polar surface area (TPSA) is 66.5 Å². The largest absolute Gasteiger partial charge is 0.342 e. The van der Waals surface area contributed by atoms with E-state index in [1.807, 2.05) is 6.92 Å². The maximum atomic E-state index is 11.9. The predicted molar refractivity (Wildman–Crippen MR) is 73.1 cm³/mol. The highest BCUT2D eigenvalue weighted by Gasteiger charge is 2.16. The predicted octanol–water partition coefficient (Wildman–Crippen LogP) is 0.690. The number of nitrogens with zero attached hydrogens (tertiary/aromatic N) is 1. The summed E-state index contributed by atoms with van der Waals surface area (Å²) in [5.74, 6) is 1.97. The SMILES string of the molecule is C#CCNS(=O)(=O)c1cccc(C(=O)N(C)CC)c1.